The van der Waals surface area contributed by atoms with E-state index in [2.05, 4.69) is 9.88 Å². The van der Waals surface area contributed by atoms with Crippen molar-refractivity contribution in [3.63, 3.8) is 0 Å². The van der Waals surface area contributed by atoms with Gasteiger partial charge in [0.15, 0.2) is 0 Å². The van der Waals surface area contributed by atoms with Crippen LogP contribution >= 0.6 is 0 Å². The van der Waals surface area contributed by atoms with Gasteiger partial charge in [0.2, 0.25) is 5.91 Å². The van der Waals surface area contributed by atoms with Crippen molar-refractivity contribution >= 4 is 28.6 Å². The van der Waals surface area contributed by atoms with E-state index in [1.54, 1.807) is 12.1 Å². The summed E-state index contributed by atoms with van der Waals surface area (Å²) in [7, 11) is 0. The molecule has 1 fully saturated rings. The summed E-state index contributed by atoms with van der Waals surface area (Å²) in [5, 5.41) is 12.3. The first-order valence-corrected chi connectivity index (χ1v) is 11.3. The van der Waals surface area contributed by atoms with Gasteiger partial charge in [0.1, 0.15) is 5.82 Å². The predicted molar refractivity (Wildman–Crippen MR) is 128 cm³/mol. The zero-order valence-corrected chi connectivity index (χ0v) is 18.2. The number of anilines is 1. The Morgan fingerprint density at radius 1 is 0.970 bits per heavy atom. The fraction of sp³-hybridized carbons (Fsp3) is 0.222. The first-order valence-electron chi connectivity index (χ1n) is 11.3. The van der Waals surface area contributed by atoms with Gasteiger partial charge in [-0.15, -0.1) is 0 Å². The molecule has 1 amide bonds. The van der Waals surface area contributed by atoms with Crippen LogP contribution in [0.2, 0.25) is 0 Å². The van der Waals surface area contributed by atoms with Crippen molar-refractivity contribution in [2.24, 2.45) is 0 Å². The van der Waals surface area contributed by atoms with Gasteiger partial charge >= 0.3 is 5.97 Å². The Balaban J connectivity index is 1.44. The lowest BCUT2D eigenvalue weighted by atomic mass is 10.1. The van der Waals surface area contributed by atoms with Crippen LogP contribution < -0.4 is 5.32 Å². The quantitative estimate of drug-likeness (QED) is 0.404. The zero-order chi connectivity index (χ0) is 22.8. The number of benzene rings is 3. The zero-order valence-electron chi connectivity index (χ0n) is 18.2. The van der Waals surface area contributed by atoms with E-state index in [1.165, 1.54) is 12.8 Å². The minimum Gasteiger partial charge on any atom is -0.478 e. The Kier molecular flexibility index (Phi) is 5.65. The molecule has 0 bridgehead atoms. The normalized spacial score (nSPS) is 13.9. The number of amides is 1. The van der Waals surface area contributed by atoms with E-state index < -0.39 is 5.97 Å². The molecule has 3 aromatic carbocycles. The molecule has 1 saturated carbocycles. The van der Waals surface area contributed by atoms with Crippen LogP contribution in [0.15, 0.2) is 72.8 Å². The third kappa shape index (κ3) is 4.37. The summed E-state index contributed by atoms with van der Waals surface area (Å²) in [6.07, 6.45) is 4.85. The van der Waals surface area contributed by atoms with Crippen LogP contribution in [-0.4, -0.2) is 26.5 Å². The molecular weight excluding hydrogens is 414 g/mol. The molecule has 1 aliphatic carbocycles. The van der Waals surface area contributed by atoms with Gasteiger partial charge < -0.3 is 15.0 Å². The Morgan fingerprint density at radius 3 is 2.39 bits per heavy atom. The molecule has 0 radical (unpaired) electrons. The number of imidazole rings is 1. The summed E-state index contributed by atoms with van der Waals surface area (Å²) in [6.45, 7) is 0. The number of carbonyl (C=O) groups excluding carboxylic acids is 1. The maximum atomic E-state index is 12.4. The molecule has 0 unspecified atom stereocenters. The van der Waals surface area contributed by atoms with E-state index >= 15 is 0 Å². The van der Waals surface area contributed by atoms with Crippen molar-refractivity contribution in [1.29, 1.82) is 0 Å². The minimum absolute atomic E-state index is 0.0617. The van der Waals surface area contributed by atoms with Crippen LogP contribution in [0.5, 0.6) is 0 Å². The highest BCUT2D eigenvalue weighted by atomic mass is 16.4. The van der Waals surface area contributed by atoms with E-state index in [-0.39, 0.29) is 17.9 Å². The molecule has 2 N–H and O–H groups in total. The number of nitrogens with zero attached hydrogens (tertiary/aromatic N) is 2. The molecule has 1 heterocycles. The average molecular weight is 440 g/mol. The monoisotopic (exact) mass is 439 g/mol. The number of aromatic carboxylic acids is 1. The summed E-state index contributed by atoms with van der Waals surface area (Å²) >= 11 is 0. The van der Waals surface area contributed by atoms with Crippen molar-refractivity contribution in [1.82, 2.24) is 9.55 Å². The third-order valence-corrected chi connectivity index (χ3v) is 6.26. The number of carboxylic acids is 1. The Hall–Kier alpha value is -3.93. The molecular formula is C27H25N3O3. The van der Waals surface area contributed by atoms with Gasteiger partial charge in [-0.1, -0.05) is 55.3 Å². The molecule has 6 heteroatoms. The van der Waals surface area contributed by atoms with E-state index in [0.29, 0.717) is 11.6 Å². The third-order valence-electron chi connectivity index (χ3n) is 6.26. The van der Waals surface area contributed by atoms with Crippen LogP contribution in [0.1, 0.15) is 47.6 Å². The Morgan fingerprint density at radius 2 is 1.70 bits per heavy atom. The topological polar surface area (TPSA) is 84.2 Å². The maximum absolute atomic E-state index is 12.4. The van der Waals surface area contributed by atoms with Gasteiger partial charge in [-0.3, -0.25) is 4.79 Å². The second-order valence-electron chi connectivity index (χ2n) is 8.54. The minimum atomic E-state index is -0.952. The van der Waals surface area contributed by atoms with Crippen molar-refractivity contribution in [2.45, 2.75) is 38.1 Å². The highest BCUT2D eigenvalue weighted by Crippen LogP contribution is 2.37. The number of aromatic nitrogens is 2. The van der Waals surface area contributed by atoms with Crippen LogP contribution in [-0.2, 0) is 11.2 Å². The number of carboxylic acid groups (broad SMARTS) is 1. The van der Waals surface area contributed by atoms with E-state index in [9.17, 15) is 14.7 Å². The fourth-order valence-electron chi connectivity index (χ4n) is 4.65. The smallest absolute Gasteiger partial charge is 0.335 e. The number of hydrogen-bond donors (Lipinski definition) is 2. The van der Waals surface area contributed by atoms with Crippen molar-refractivity contribution in [3.8, 4) is 11.4 Å². The molecule has 0 atom stereocenters. The lowest BCUT2D eigenvalue weighted by molar-refractivity contribution is -0.115. The fourth-order valence-corrected chi connectivity index (χ4v) is 4.65. The van der Waals surface area contributed by atoms with Crippen LogP contribution in [0, 0.1) is 0 Å². The summed E-state index contributed by atoms with van der Waals surface area (Å²) in [5.41, 5.74) is 4.57. The van der Waals surface area contributed by atoms with Crippen molar-refractivity contribution in [3.05, 3.63) is 83.9 Å². The van der Waals surface area contributed by atoms with Gasteiger partial charge in [-0.2, -0.15) is 0 Å². The number of para-hydroxylation sites is 1. The van der Waals surface area contributed by atoms with Gasteiger partial charge in [0.25, 0.3) is 0 Å². The number of rotatable bonds is 6. The lowest BCUT2D eigenvalue weighted by Gasteiger charge is -2.17. The Bertz CT molecular complexity index is 1300. The van der Waals surface area contributed by atoms with E-state index in [1.807, 2.05) is 60.7 Å². The summed E-state index contributed by atoms with van der Waals surface area (Å²) in [4.78, 5) is 28.7. The lowest BCUT2D eigenvalue weighted by Crippen LogP contribution is -2.14. The molecule has 4 aromatic rings. The summed E-state index contributed by atoms with van der Waals surface area (Å²) in [6, 6.07) is 22.9. The molecule has 6 nitrogen and oxygen atoms in total. The van der Waals surface area contributed by atoms with Gasteiger partial charge in [-0.25, -0.2) is 9.78 Å². The first kappa shape index (κ1) is 20.9. The van der Waals surface area contributed by atoms with Gasteiger partial charge in [0.05, 0.1) is 23.0 Å². The highest BCUT2D eigenvalue weighted by Gasteiger charge is 2.24. The molecule has 33 heavy (non-hydrogen) atoms. The first-order chi connectivity index (χ1) is 16.1. The van der Waals surface area contributed by atoms with Crippen molar-refractivity contribution < 1.29 is 14.7 Å². The number of carbonyl (C=O) groups is 2. The number of hydrogen-bond acceptors (Lipinski definition) is 3. The largest absolute Gasteiger partial charge is 0.478 e. The number of nitrogens with one attached hydrogen (secondary N) is 1. The van der Waals surface area contributed by atoms with E-state index in [0.717, 1.165) is 41.0 Å². The number of fused-ring (bicyclic) bond motifs is 1. The Labute approximate surface area is 191 Å². The highest BCUT2D eigenvalue weighted by molar-refractivity contribution is 5.94. The standard InChI is InChI=1S/C27H25N3O3/c31-25(28-21-6-2-1-3-7-21)16-18-10-12-19(13-11-18)26-29-23-17-20(27(32)33)14-15-24(23)30(26)22-8-4-5-9-22/h1-3,6-7,10-15,17,22H,4-5,8-9,16H2,(H,28,31)(H,32,33). The molecule has 1 aliphatic rings. The van der Waals surface area contributed by atoms with Gasteiger partial charge in [-0.05, 0) is 48.7 Å². The van der Waals surface area contributed by atoms with E-state index in [4.69, 9.17) is 4.98 Å². The molecule has 0 aliphatic heterocycles. The second kappa shape index (κ2) is 8.90. The second-order valence-corrected chi connectivity index (χ2v) is 8.54. The van der Waals surface area contributed by atoms with Gasteiger partial charge in [0, 0.05) is 17.3 Å². The summed E-state index contributed by atoms with van der Waals surface area (Å²) in [5.74, 6) is -0.167. The van der Waals surface area contributed by atoms with Crippen LogP contribution in [0.4, 0.5) is 5.69 Å². The molecule has 1 aromatic heterocycles. The summed E-state index contributed by atoms with van der Waals surface area (Å²) < 4.78 is 2.27. The molecule has 0 spiro atoms. The van der Waals surface area contributed by atoms with Crippen LogP contribution in [0.25, 0.3) is 22.4 Å². The predicted octanol–water partition coefficient (Wildman–Crippen LogP) is 5.70. The molecule has 5 rings (SSSR count). The molecule has 166 valence electrons. The van der Waals surface area contributed by atoms with Crippen LogP contribution in [0.3, 0.4) is 0 Å². The maximum Gasteiger partial charge on any atom is 0.335 e. The molecule has 0 saturated heterocycles. The van der Waals surface area contributed by atoms with Crippen molar-refractivity contribution in [2.75, 3.05) is 5.32 Å². The SMILES string of the molecule is O=C(Cc1ccc(-c2nc3cc(C(=O)O)ccc3n2C2CCCC2)cc1)Nc1ccccc1. The average Bonchev–Trinajstić information content (AvgIpc) is 3.47.